The maximum absolute atomic E-state index is 5.93. The highest BCUT2D eigenvalue weighted by Crippen LogP contribution is 2.17. The van der Waals surface area contributed by atoms with Crippen molar-refractivity contribution in [3.63, 3.8) is 0 Å². The Morgan fingerprint density at radius 3 is 2.64 bits per heavy atom. The van der Waals surface area contributed by atoms with Gasteiger partial charge in [-0.05, 0) is 69.2 Å². The van der Waals surface area contributed by atoms with Crippen LogP contribution in [-0.2, 0) is 4.74 Å². The van der Waals surface area contributed by atoms with Crippen molar-refractivity contribution < 1.29 is 4.74 Å². The van der Waals surface area contributed by atoms with Crippen molar-refractivity contribution in [2.24, 2.45) is 10.7 Å². The van der Waals surface area contributed by atoms with Crippen LogP contribution in [0.25, 0.3) is 0 Å². The number of aryl methyl sites for hydroxylation is 2. The molecule has 0 amide bonds. The first-order valence-corrected chi connectivity index (χ1v) is 7.90. The number of rotatable bonds is 5. The number of aliphatic imine (C=N–C) groups is 1. The van der Waals surface area contributed by atoms with E-state index < -0.39 is 0 Å². The molecule has 3 N–H and O–H groups in total. The van der Waals surface area contributed by atoms with E-state index in [0.717, 1.165) is 31.7 Å². The maximum atomic E-state index is 5.93. The van der Waals surface area contributed by atoms with Crippen molar-refractivity contribution in [1.29, 1.82) is 0 Å². The fourth-order valence-electron chi connectivity index (χ4n) is 2.79. The van der Waals surface area contributed by atoms with Crippen molar-refractivity contribution in [2.45, 2.75) is 52.1 Å². The number of nitrogens with zero attached hydrogens (tertiary/aromatic N) is 1. The summed E-state index contributed by atoms with van der Waals surface area (Å²) in [6.45, 7) is 5.83. The highest BCUT2D eigenvalue weighted by atomic mass is 127. The molecule has 0 radical (unpaired) electrons. The van der Waals surface area contributed by atoms with Crippen molar-refractivity contribution in [1.82, 2.24) is 0 Å². The van der Waals surface area contributed by atoms with Crippen LogP contribution in [0.1, 0.15) is 43.2 Å². The molecular formula is C17H28IN3O. The molecule has 0 aromatic heterocycles. The van der Waals surface area contributed by atoms with Gasteiger partial charge in [0.2, 0.25) is 0 Å². The molecule has 1 unspecified atom stereocenters. The predicted octanol–water partition coefficient (Wildman–Crippen LogP) is 4.00. The van der Waals surface area contributed by atoms with Crippen LogP contribution >= 0.6 is 24.0 Å². The molecule has 1 aliphatic heterocycles. The number of anilines is 1. The van der Waals surface area contributed by atoms with Gasteiger partial charge in [0.05, 0.1) is 6.10 Å². The first-order chi connectivity index (χ1) is 10.1. The van der Waals surface area contributed by atoms with E-state index in [0.29, 0.717) is 12.1 Å². The molecule has 124 valence electrons. The van der Waals surface area contributed by atoms with E-state index in [1.165, 1.54) is 30.4 Å². The van der Waals surface area contributed by atoms with E-state index >= 15 is 0 Å². The monoisotopic (exact) mass is 417 g/mol. The lowest BCUT2D eigenvalue weighted by Gasteiger charge is -2.22. The topological polar surface area (TPSA) is 59.6 Å². The molecule has 0 bridgehead atoms. The zero-order valence-electron chi connectivity index (χ0n) is 13.6. The van der Waals surface area contributed by atoms with E-state index in [1.807, 2.05) is 0 Å². The third-order valence-electron chi connectivity index (χ3n) is 3.73. The lowest BCUT2D eigenvalue weighted by Crippen LogP contribution is -2.23. The molecule has 1 aromatic carbocycles. The largest absolute Gasteiger partial charge is 0.378 e. The average molecular weight is 417 g/mol. The number of hydrogen-bond acceptors (Lipinski definition) is 2. The van der Waals surface area contributed by atoms with Gasteiger partial charge in [-0.25, -0.2) is 0 Å². The van der Waals surface area contributed by atoms with Gasteiger partial charge in [-0.1, -0.05) is 6.07 Å². The van der Waals surface area contributed by atoms with Crippen LogP contribution in [0.3, 0.4) is 0 Å². The third-order valence-corrected chi connectivity index (χ3v) is 3.73. The van der Waals surface area contributed by atoms with E-state index in [1.54, 1.807) is 0 Å². The molecule has 2 rings (SSSR count). The van der Waals surface area contributed by atoms with Crippen LogP contribution in [-0.4, -0.2) is 25.2 Å². The molecule has 4 nitrogen and oxygen atoms in total. The molecule has 1 fully saturated rings. The minimum Gasteiger partial charge on any atom is -0.378 e. The Hall–Kier alpha value is -0.820. The summed E-state index contributed by atoms with van der Waals surface area (Å²) in [7, 11) is 0. The van der Waals surface area contributed by atoms with Gasteiger partial charge in [0.15, 0.2) is 5.96 Å². The van der Waals surface area contributed by atoms with Gasteiger partial charge >= 0.3 is 0 Å². The molecule has 5 heteroatoms. The normalized spacial score (nSPS) is 18.6. The van der Waals surface area contributed by atoms with Gasteiger partial charge in [-0.3, -0.25) is 4.99 Å². The van der Waals surface area contributed by atoms with Crippen molar-refractivity contribution in [2.75, 3.05) is 18.5 Å². The van der Waals surface area contributed by atoms with Gasteiger partial charge < -0.3 is 15.8 Å². The first-order valence-electron chi connectivity index (χ1n) is 7.90. The minimum absolute atomic E-state index is 0. The Kier molecular flexibility index (Phi) is 8.78. The second kappa shape index (κ2) is 10.0. The maximum Gasteiger partial charge on any atom is 0.193 e. The van der Waals surface area contributed by atoms with E-state index in [4.69, 9.17) is 10.5 Å². The molecule has 0 saturated carbocycles. The molecule has 0 aliphatic carbocycles. The van der Waals surface area contributed by atoms with Crippen LogP contribution in [0.15, 0.2) is 23.2 Å². The molecule has 1 saturated heterocycles. The summed E-state index contributed by atoms with van der Waals surface area (Å²) in [4.78, 5) is 4.39. The number of nitrogens with two attached hydrogens (primary N) is 1. The van der Waals surface area contributed by atoms with E-state index in [2.05, 4.69) is 42.4 Å². The number of hydrogen-bond donors (Lipinski definition) is 2. The summed E-state index contributed by atoms with van der Waals surface area (Å²) in [5, 5.41) is 3.16. The number of benzene rings is 1. The van der Waals surface area contributed by atoms with Crippen molar-refractivity contribution in [3.05, 3.63) is 29.3 Å². The van der Waals surface area contributed by atoms with Gasteiger partial charge in [0.1, 0.15) is 0 Å². The summed E-state index contributed by atoms with van der Waals surface area (Å²) in [5.41, 5.74) is 9.38. The highest BCUT2D eigenvalue weighted by Gasteiger charge is 2.12. The SMILES string of the molecule is Cc1cc(C)cc(NC(N)=NCCCC2CCCCO2)c1.I. The van der Waals surface area contributed by atoms with Crippen molar-refractivity contribution >= 4 is 35.6 Å². The molecule has 1 heterocycles. The summed E-state index contributed by atoms with van der Waals surface area (Å²) < 4.78 is 5.71. The van der Waals surface area contributed by atoms with Crippen molar-refractivity contribution in [3.8, 4) is 0 Å². The summed E-state index contributed by atoms with van der Waals surface area (Å²) in [6, 6.07) is 6.29. The zero-order chi connectivity index (χ0) is 15.1. The molecule has 1 aliphatic rings. The van der Waals surface area contributed by atoms with Gasteiger partial charge in [0, 0.05) is 18.8 Å². The van der Waals surface area contributed by atoms with Crippen LogP contribution in [0.4, 0.5) is 5.69 Å². The lowest BCUT2D eigenvalue weighted by atomic mass is 10.1. The first kappa shape index (κ1) is 19.2. The number of guanidine groups is 1. The Bertz CT molecular complexity index is 465. The fraction of sp³-hybridized carbons (Fsp3) is 0.588. The molecule has 1 atom stereocenters. The fourth-order valence-corrected chi connectivity index (χ4v) is 2.79. The lowest BCUT2D eigenvalue weighted by molar-refractivity contribution is 0.0105. The standard InChI is InChI=1S/C17H27N3O.HI/c1-13-10-14(2)12-15(11-13)20-17(18)19-8-5-7-16-6-3-4-9-21-16;/h10-12,16H,3-9H2,1-2H3,(H3,18,19,20);1H. The average Bonchev–Trinajstić information content (AvgIpc) is 2.43. The highest BCUT2D eigenvalue weighted by molar-refractivity contribution is 14.0. The van der Waals surface area contributed by atoms with Gasteiger partial charge in [0.25, 0.3) is 0 Å². The summed E-state index contributed by atoms with van der Waals surface area (Å²) in [6.07, 6.45) is 6.24. The van der Waals surface area contributed by atoms with Gasteiger partial charge in [-0.2, -0.15) is 0 Å². The van der Waals surface area contributed by atoms with Crippen LogP contribution in [0.5, 0.6) is 0 Å². The second-order valence-corrected chi connectivity index (χ2v) is 5.90. The quantitative estimate of drug-likeness (QED) is 0.330. The Morgan fingerprint density at radius 1 is 1.27 bits per heavy atom. The second-order valence-electron chi connectivity index (χ2n) is 5.90. The number of halogens is 1. The van der Waals surface area contributed by atoms with Crippen LogP contribution < -0.4 is 11.1 Å². The molecule has 22 heavy (non-hydrogen) atoms. The van der Waals surface area contributed by atoms with Crippen LogP contribution in [0, 0.1) is 13.8 Å². The number of nitrogens with one attached hydrogen (secondary N) is 1. The third kappa shape index (κ3) is 6.96. The van der Waals surface area contributed by atoms with Gasteiger partial charge in [-0.15, -0.1) is 24.0 Å². The predicted molar refractivity (Wildman–Crippen MR) is 104 cm³/mol. The number of ether oxygens (including phenoxy) is 1. The Labute approximate surface area is 150 Å². The van der Waals surface area contributed by atoms with E-state index in [9.17, 15) is 0 Å². The smallest absolute Gasteiger partial charge is 0.193 e. The summed E-state index contributed by atoms with van der Waals surface area (Å²) >= 11 is 0. The van der Waals surface area contributed by atoms with E-state index in [-0.39, 0.29) is 24.0 Å². The van der Waals surface area contributed by atoms with Crippen LogP contribution in [0.2, 0.25) is 0 Å². The molecule has 1 aromatic rings. The molecule has 0 spiro atoms. The summed E-state index contributed by atoms with van der Waals surface area (Å²) in [5.74, 6) is 0.490. The minimum atomic E-state index is 0. The Morgan fingerprint density at radius 2 is 2.00 bits per heavy atom. The Balaban J connectivity index is 0.00000242. The zero-order valence-corrected chi connectivity index (χ0v) is 15.9. The molecular weight excluding hydrogens is 389 g/mol.